The normalized spacial score (nSPS) is 14.7. The largest absolute Gasteiger partial charge is 0.286 e. The second-order valence-corrected chi connectivity index (χ2v) is 5.43. The Labute approximate surface area is 128 Å². The van der Waals surface area contributed by atoms with Gasteiger partial charge in [0.15, 0.2) is 0 Å². The summed E-state index contributed by atoms with van der Waals surface area (Å²) in [5.41, 5.74) is 5.91. The van der Waals surface area contributed by atoms with Crippen LogP contribution in [0, 0.1) is 11.6 Å². The highest BCUT2D eigenvalue weighted by atomic mass is 19.1. The van der Waals surface area contributed by atoms with Gasteiger partial charge in [-0.3, -0.25) is 10.0 Å². The molecule has 1 heterocycles. The zero-order chi connectivity index (χ0) is 15.7. The molecule has 1 aliphatic heterocycles. The first-order valence-corrected chi connectivity index (χ1v) is 7.12. The van der Waals surface area contributed by atoms with Crippen LogP contribution in [-0.2, 0) is 0 Å². The van der Waals surface area contributed by atoms with E-state index >= 15 is 0 Å². The van der Waals surface area contributed by atoms with Crippen molar-refractivity contribution >= 4 is 11.4 Å². The minimum absolute atomic E-state index is 0.196. The third-order valence-corrected chi connectivity index (χ3v) is 3.49. The smallest absolute Gasteiger partial charge is 0.123 e. The topological polar surface area (TPSA) is 18.5 Å². The van der Waals surface area contributed by atoms with Crippen molar-refractivity contribution in [3.05, 3.63) is 71.9 Å². The van der Waals surface area contributed by atoms with E-state index in [-0.39, 0.29) is 17.7 Å². The van der Waals surface area contributed by atoms with Crippen molar-refractivity contribution in [1.82, 2.24) is 10.5 Å². The average molecular weight is 301 g/mol. The van der Waals surface area contributed by atoms with Gasteiger partial charge in [-0.15, -0.1) is 5.53 Å². The van der Waals surface area contributed by atoms with E-state index < -0.39 is 0 Å². The van der Waals surface area contributed by atoms with Crippen molar-refractivity contribution in [2.24, 2.45) is 0 Å². The van der Waals surface area contributed by atoms with Gasteiger partial charge in [-0.25, -0.2) is 8.78 Å². The summed E-state index contributed by atoms with van der Waals surface area (Å²) in [7, 11) is 0. The second kappa shape index (κ2) is 5.77. The number of nitrogens with zero attached hydrogens (tertiary/aromatic N) is 2. The van der Waals surface area contributed by atoms with Crippen LogP contribution in [0.1, 0.15) is 19.4 Å². The molecule has 0 spiro atoms. The molecule has 0 saturated carbocycles. The Bertz CT molecular complexity index is 678. The lowest BCUT2D eigenvalue weighted by molar-refractivity contribution is 0.256. The van der Waals surface area contributed by atoms with E-state index in [2.05, 4.69) is 19.4 Å². The predicted octanol–water partition coefficient (Wildman–Crippen LogP) is 3.91. The molecule has 0 bridgehead atoms. The zero-order valence-electron chi connectivity index (χ0n) is 12.4. The van der Waals surface area contributed by atoms with Gasteiger partial charge < -0.3 is 0 Å². The summed E-state index contributed by atoms with van der Waals surface area (Å²) >= 11 is 0. The highest BCUT2D eigenvalue weighted by Crippen LogP contribution is 2.28. The number of rotatable bonds is 3. The fourth-order valence-electron chi connectivity index (χ4n) is 2.35. The highest BCUT2D eigenvalue weighted by Gasteiger charge is 2.25. The molecule has 0 aromatic heterocycles. The molecule has 0 fully saturated rings. The number of hydrogen-bond acceptors (Lipinski definition) is 3. The van der Waals surface area contributed by atoms with Crippen LogP contribution >= 0.6 is 0 Å². The number of benzene rings is 2. The maximum absolute atomic E-state index is 13.1. The summed E-state index contributed by atoms with van der Waals surface area (Å²) in [6.07, 6.45) is 1.92. The van der Waals surface area contributed by atoms with Gasteiger partial charge in [0.05, 0.1) is 11.4 Å². The second-order valence-electron chi connectivity index (χ2n) is 5.43. The monoisotopic (exact) mass is 301 g/mol. The number of anilines is 1. The van der Waals surface area contributed by atoms with Crippen LogP contribution in [0.2, 0.25) is 0 Å². The predicted molar refractivity (Wildman–Crippen MR) is 83.4 cm³/mol. The third kappa shape index (κ3) is 2.80. The molecule has 3 rings (SSSR count). The molecule has 0 unspecified atom stereocenters. The van der Waals surface area contributed by atoms with Gasteiger partial charge in [-0.1, -0.05) is 0 Å². The van der Waals surface area contributed by atoms with Crippen LogP contribution in [0.4, 0.5) is 14.5 Å². The third-order valence-electron chi connectivity index (χ3n) is 3.49. The Morgan fingerprint density at radius 1 is 0.864 bits per heavy atom. The first kappa shape index (κ1) is 14.5. The fraction of sp³-hybridized carbons (Fsp3) is 0.176. The van der Waals surface area contributed by atoms with Crippen molar-refractivity contribution in [3.63, 3.8) is 0 Å². The first-order valence-electron chi connectivity index (χ1n) is 7.12. The Hall–Kier alpha value is -2.40. The number of hydrazine groups is 2. The summed E-state index contributed by atoms with van der Waals surface area (Å²) in [4.78, 5) is 0. The average Bonchev–Trinajstić information content (AvgIpc) is 2.94. The molecule has 0 amide bonds. The van der Waals surface area contributed by atoms with Crippen molar-refractivity contribution in [3.8, 4) is 0 Å². The Morgan fingerprint density at radius 2 is 1.41 bits per heavy atom. The lowest BCUT2D eigenvalue weighted by Gasteiger charge is -2.28. The lowest BCUT2D eigenvalue weighted by atomic mass is 10.1. The number of hydrogen-bond donors (Lipinski definition) is 1. The minimum atomic E-state index is -0.272. The molecule has 0 aliphatic carbocycles. The summed E-state index contributed by atoms with van der Waals surface area (Å²) in [6.45, 7) is 4.11. The van der Waals surface area contributed by atoms with Gasteiger partial charge >= 0.3 is 0 Å². The van der Waals surface area contributed by atoms with E-state index in [0.29, 0.717) is 0 Å². The van der Waals surface area contributed by atoms with Crippen LogP contribution in [0.15, 0.2) is 54.7 Å². The van der Waals surface area contributed by atoms with Crippen molar-refractivity contribution in [2.45, 2.75) is 19.9 Å². The molecule has 1 aliphatic rings. The number of halogens is 2. The summed E-state index contributed by atoms with van der Waals surface area (Å²) in [6, 6.07) is 12.8. The fourth-order valence-corrected chi connectivity index (χ4v) is 2.35. The van der Waals surface area contributed by atoms with Crippen LogP contribution in [0.25, 0.3) is 5.70 Å². The molecule has 2 aromatic carbocycles. The maximum Gasteiger partial charge on any atom is 0.123 e. The molecule has 0 saturated heterocycles. The standard InChI is InChI=1S/C17H17F2N3/c1-12(2)22-17(13-3-5-14(18)6-4-13)11-21(20-22)16-9-7-15(19)8-10-16/h3-12,20H,1-2H3. The number of nitrogens with one attached hydrogen (secondary N) is 1. The van der Waals surface area contributed by atoms with Crippen molar-refractivity contribution in [1.29, 1.82) is 0 Å². The maximum atomic E-state index is 13.1. The van der Waals surface area contributed by atoms with Crippen LogP contribution < -0.4 is 10.5 Å². The van der Waals surface area contributed by atoms with E-state index in [0.717, 1.165) is 16.9 Å². The molecule has 2 aromatic rings. The van der Waals surface area contributed by atoms with E-state index in [9.17, 15) is 8.78 Å². The highest BCUT2D eigenvalue weighted by molar-refractivity contribution is 5.70. The van der Waals surface area contributed by atoms with E-state index in [1.165, 1.54) is 24.3 Å². The lowest BCUT2D eigenvalue weighted by Crippen LogP contribution is -2.44. The Morgan fingerprint density at radius 3 is 1.95 bits per heavy atom. The molecule has 114 valence electrons. The van der Waals surface area contributed by atoms with E-state index in [4.69, 9.17) is 0 Å². The summed E-state index contributed by atoms with van der Waals surface area (Å²) < 4.78 is 26.2. The molecular formula is C17H17F2N3. The molecule has 3 nitrogen and oxygen atoms in total. The Balaban J connectivity index is 1.95. The van der Waals surface area contributed by atoms with Crippen LogP contribution in [-0.4, -0.2) is 11.1 Å². The quantitative estimate of drug-likeness (QED) is 0.927. The molecule has 0 radical (unpaired) electrons. The molecule has 22 heavy (non-hydrogen) atoms. The van der Waals surface area contributed by atoms with E-state index in [1.807, 2.05) is 16.2 Å². The van der Waals surface area contributed by atoms with E-state index in [1.54, 1.807) is 24.3 Å². The van der Waals surface area contributed by atoms with Crippen LogP contribution in [0.3, 0.4) is 0 Å². The van der Waals surface area contributed by atoms with Gasteiger partial charge in [-0.2, -0.15) is 0 Å². The summed E-state index contributed by atoms with van der Waals surface area (Å²) in [5, 5.41) is 3.80. The van der Waals surface area contributed by atoms with Crippen molar-refractivity contribution in [2.75, 3.05) is 5.01 Å². The van der Waals surface area contributed by atoms with Gasteiger partial charge in [0.25, 0.3) is 0 Å². The van der Waals surface area contributed by atoms with Gasteiger partial charge in [0, 0.05) is 17.8 Å². The SMILES string of the molecule is CC(C)N1NN(c2ccc(F)cc2)C=C1c1ccc(F)cc1. The Kier molecular flexibility index (Phi) is 3.81. The molecular weight excluding hydrogens is 284 g/mol. The molecule has 5 heteroatoms. The molecule has 0 atom stereocenters. The van der Waals surface area contributed by atoms with Crippen molar-refractivity contribution < 1.29 is 8.78 Å². The summed E-state index contributed by atoms with van der Waals surface area (Å²) in [5.74, 6) is -0.534. The minimum Gasteiger partial charge on any atom is -0.286 e. The van der Waals surface area contributed by atoms with Gasteiger partial charge in [0.2, 0.25) is 0 Å². The van der Waals surface area contributed by atoms with Gasteiger partial charge in [0.1, 0.15) is 11.6 Å². The zero-order valence-corrected chi connectivity index (χ0v) is 12.4. The van der Waals surface area contributed by atoms with Crippen LogP contribution in [0.5, 0.6) is 0 Å². The first-order chi connectivity index (χ1) is 10.5. The molecule has 1 N–H and O–H groups in total. The van der Waals surface area contributed by atoms with Gasteiger partial charge in [-0.05, 0) is 62.4 Å².